The van der Waals surface area contributed by atoms with Crippen LogP contribution < -0.4 is 10.6 Å². The van der Waals surface area contributed by atoms with Crippen LogP contribution in [0.4, 0.5) is 0 Å². The highest BCUT2D eigenvalue weighted by Gasteiger charge is 2.28. The van der Waals surface area contributed by atoms with Crippen LogP contribution in [0.25, 0.3) is 0 Å². The van der Waals surface area contributed by atoms with Gasteiger partial charge in [-0.2, -0.15) is 5.10 Å². The number of aryl methyl sites for hydroxylation is 1. The van der Waals surface area contributed by atoms with Gasteiger partial charge in [0.05, 0.1) is 12.7 Å². The summed E-state index contributed by atoms with van der Waals surface area (Å²) in [7, 11) is 1.86. The molecule has 1 aromatic rings. The Balaban J connectivity index is 1.53. The van der Waals surface area contributed by atoms with Crippen molar-refractivity contribution in [2.75, 3.05) is 32.7 Å². The SMILES string of the molecule is CCNC(=NCC(C)(O)c1cnn(C)c1)NCC1CCCN1CC1CCCCC1. The minimum Gasteiger partial charge on any atom is -0.383 e. The zero-order valence-electron chi connectivity index (χ0n) is 18.5. The van der Waals surface area contributed by atoms with Crippen molar-refractivity contribution in [3.8, 4) is 0 Å². The standard InChI is InChI=1S/C22H40N6O/c1-4-23-21(25-17-22(2,29)19-13-26-27(3)16-19)24-14-20-11-8-12-28(20)15-18-9-6-5-7-10-18/h13,16,18,20,29H,4-12,14-15,17H2,1-3H3,(H2,23,24,25). The van der Waals surface area contributed by atoms with E-state index in [9.17, 15) is 5.11 Å². The molecule has 164 valence electrons. The maximum absolute atomic E-state index is 10.8. The fourth-order valence-electron chi connectivity index (χ4n) is 4.65. The van der Waals surface area contributed by atoms with Crippen LogP contribution in [0.5, 0.6) is 0 Å². The van der Waals surface area contributed by atoms with E-state index in [1.807, 2.05) is 13.2 Å². The molecule has 0 radical (unpaired) electrons. The second-order valence-corrected chi connectivity index (χ2v) is 9.05. The Morgan fingerprint density at radius 1 is 1.24 bits per heavy atom. The first-order valence-corrected chi connectivity index (χ1v) is 11.5. The topological polar surface area (TPSA) is 77.7 Å². The van der Waals surface area contributed by atoms with Gasteiger partial charge in [0, 0.05) is 44.5 Å². The summed E-state index contributed by atoms with van der Waals surface area (Å²) in [5.74, 6) is 1.67. The highest BCUT2D eigenvalue weighted by atomic mass is 16.3. The van der Waals surface area contributed by atoms with E-state index in [2.05, 4.69) is 32.5 Å². The fraction of sp³-hybridized carbons (Fsp3) is 0.818. The lowest BCUT2D eigenvalue weighted by atomic mass is 9.89. The summed E-state index contributed by atoms with van der Waals surface area (Å²) in [5.41, 5.74) is -0.245. The maximum atomic E-state index is 10.8. The summed E-state index contributed by atoms with van der Waals surface area (Å²) in [6.07, 6.45) is 13.2. The zero-order valence-corrected chi connectivity index (χ0v) is 18.5. The Morgan fingerprint density at radius 2 is 2.03 bits per heavy atom. The number of guanidine groups is 1. The summed E-state index contributed by atoms with van der Waals surface area (Å²) in [6.45, 7) is 8.36. The second kappa shape index (κ2) is 10.4. The number of nitrogens with zero attached hydrogens (tertiary/aromatic N) is 4. The lowest BCUT2D eigenvalue weighted by Gasteiger charge is -2.31. The summed E-state index contributed by atoms with van der Waals surface area (Å²) in [5, 5.41) is 21.8. The van der Waals surface area contributed by atoms with Crippen LogP contribution in [-0.4, -0.2) is 64.5 Å². The minimum absolute atomic E-state index is 0.296. The van der Waals surface area contributed by atoms with Gasteiger partial charge in [0.1, 0.15) is 5.60 Å². The first-order chi connectivity index (χ1) is 14.0. The molecule has 2 aliphatic rings. The molecule has 1 aromatic heterocycles. The third kappa shape index (κ3) is 6.44. The summed E-state index contributed by atoms with van der Waals surface area (Å²) in [4.78, 5) is 7.35. The molecule has 1 saturated carbocycles. The minimum atomic E-state index is -1.03. The van der Waals surface area contributed by atoms with Crippen LogP contribution in [0, 0.1) is 5.92 Å². The van der Waals surface area contributed by atoms with E-state index in [0.717, 1.165) is 30.5 Å². The summed E-state index contributed by atoms with van der Waals surface area (Å²) in [6, 6.07) is 0.583. The smallest absolute Gasteiger partial charge is 0.191 e. The molecule has 7 heteroatoms. The number of aliphatic imine (C=N–C) groups is 1. The Morgan fingerprint density at radius 3 is 2.72 bits per heavy atom. The first kappa shape index (κ1) is 22.1. The van der Waals surface area contributed by atoms with Crippen molar-refractivity contribution < 1.29 is 5.11 Å². The number of aliphatic hydroxyl groups is 1. The van der Waals surface area contributed by atoms with Crippen molar-refractivity contribution in [3.63, 3.8) is 0 Å². The van der Waals surface area contributed by atoms with Gasteiger partial charge in [-0.05, 0) is 52.0 Å². The van der Waals surface area contributed by atoms with Gasteiger partial charge in [0.25, 0.3) is 0 Å². The number of hydrogen-bond donors (Lipinski definition) is 3. The van der Waals surface area contributed by atoms with E-state index in [0.29, 0.717) is 12.6 Å². The van der Waals surface area contributed by atoms with Gasteiger partial charge in [0.15, 0.2) is 5.96 Å². The predicted molar refractivity (Wildman–Crippen MR) is 118 cm³/mol. The third-order valence-electron chi connectivity index (χ3n) is 6.44. The average Bonchev–Trinajstić information content (AvgIpc) is 3.34. The normalized spacial score (nSPS) is 23.9. The van der Waals surface area contributed by atoms with Crippen LogP contribution in [-0.2, 0) is 12.6 Å². The van der Waals surface area contributed by atoms with Crippen LogP contribution in [0.15, 0.2) is 17.4 Å². The Labute approximate surface area is 176 Å². The number of hydrogen-bond acceptors (Lipinski definition) is 4. The van der Waals surface area contributed by atoms with Crippen LogP contribution in [0.3, 0.4) is 0 Å². The van der Waals surface area contributed by atoms with E-state index in [4.69, 9.17) is 0 Å². The molecule has 2 fully saturated rings. The molecule has 1 saturated heterocycles. The Kier molecular flexibility index (Phi) is 7.95. The van der Waals surface area contributed by atoms with Crippen molar-refractivity contribution in [3.05, 3.63) is 18.0 Å². The van der Waals surface area contributed by atoms with Gasteiger partial charge in [-0.3, -0.25) is 9.58 Å². The molecule has 0 aromatic carbocycles. The van der Waals surface area contributed by atoms with Gasteiger partial charge in [-0.1, -0.05) is 19.3 Å². The van der Waals surface area contributed by atoms with Gasteiger partial charge in [-0.25, -0.2) is 4.99 Å². The molecule has 3 rings (SSSR count). The molecule has 0 spiro atoms. The van der Waals surface area contributed by atoms with Crippen LogP contribution >= 0.6 is 0 Å². The lowest BCUT2D eigenvalue weighted by Crippen LogP contribution is -2.46. The van der Waals surface area contributed by atoms with Gasteiger partial charge < -0.3 is 15.7 Å². The Bertz CT molecular complexity index is 649. The van der Waals surface area contributed by atoms with Crippen molar-refractivity contribution >= 4 is 5.96 Å². The molecule has 1 aliphatic heterocycles. The van der Waals surface area contributed by atoms with E-state index in [1.165, 1.54) is 58.0 Å². The average molecular weight is 405 g/mol. The number of rotatable bonds is 8. The Hall–Kier alpha value is -1.60. The monoisotopic (exact) mass is 404 g/mol. The largest absolute Gasteiger partial charge is 0.383 e. The molecule has 3 N–H and O–H groups in total. The molecular formula is C22H40N6O. The van der Waals surface area contributed by atoms with Crippen molar-refractivity contribution in [2.24, 2.45) is 18.0 Å². The van der Waals surface area contributed by atoms with E-state index in [-0.39, 0.29) is 0 Å². The van der Waals surface area contributed by atoms with Crippen molar-refractivity contribution in [1.82, 2.24) is 25.3 Å². The molecular weight excluding hydrogens is 364 g/mol. The summed E-state index contributed by atoms with van der Waals surface area (Å²) >= 11 is 0. The predicted octanol–water partition coefficient (Wildman–Crippen LogP) is 2.23. The van der Waals surface area contributed by atoms with E-state index < -0.39 is 5.60 Å². The van der Waals surface area contributed by atoms with Crippen LogP contribution in [0.2, 0.25) is 0 Å². The molecule has 2 atom stereocenters. The third-order valence-corrected chi connectivity index (χ3v) is 6.44. The second-order valence-electron chi connectivity index (χ2n) is 9.05. The molecule has 7 nitrogen and oxygen atoms in total. The van der Waals surface area contributed by atoms with E-state index in [1.54, 1.807) is 17.8 Å². The molecule has 2 unspecified atom stereocenters. The van der Waals surface area contributed by atoms with Crippen LogP contribution in [0.1, 0.15) is 64.4 Å². The highest BCUT2D eigenvalue weighted by Crippen LogP contribution is 2.27. The van der Waals surface area contributed by atoms with Crippen molar-refractivity contribution in [2.45, 2.75) is 70.4 Å². The van der Waals surface area contributed by atoms with E-state index >= 15 is 0 Å². The molecule has 0 amide bonds. The zero-order chi connectivity index (χ0) is 20.7. The van der Waals surface area contributed by atoms with Gasteiger partial charge >= 0.3 is 0 Å². The van der Waals surface area contributed by atoms with Crippen molar-refractivity contribution in [1.29, 1.82) is 0 Å². The quantitative estimate of drug-likeness (QED) is 0.457. The van der Waals surface area contributed by atoms with Gasteiger partial charge in [-0.15, -0.1) is 0 Å². The fourth-order valence-corrected chi connectivity index (χ4v) is 4.65. The number of nitrogens with one attached hydrogen (secondary N) is 2. The first-order valence-electron chi connectivity index (χ1n) is 11.5. The maximum Gasteiger partial charge on any atom is 0.191 e. The highest BCUT2D eigenvalue weighted by molar-refractivity contribution is 5.79. The number of likely N-dealkylation sites (tertiary alicyclic amines) is 1. The van der Waals surface area contributed by atoms with Gasteiger partial charge in [0.2, 0.25) is 0 Å². The lowest BCUT2D eigenvalue weighted by molar-refractivity contribution is 0.0671. The summed E-state index contributed by atoms with van der Waals surface area (Å²) < 4.78 is 1.71. The number of aromatic nitrogens is 2. The molecule has 0 bridgehead atoms. The molecule has 29 heavy (non-hydrogen) atoms. The molecule has 2 heterocycles. The molecule has 1 aliphatic carbocycles.